The second-order valence-electron chi connectivity index (χ2n) is 7.51. The SMILES string of the molecule is COc1ccc(C(=O)N(C)Cc2ccc(Cl)cc2)cc1S(=O)(=O)NC(C)(C)C. The normalized spacial score (nSPS) is 11.9. The molecular formula is C20H25ClN2O4S. The summed E-state index contributed by atoms with van der Waals surface area (Å²) in [6.45, 7) is 5.59. The number of carbonyl (C=O) groups is 1. The van der Waals surface area contributed by atoms with E-state index in [1.54, 1.807) is 46.0 Å². The van der Waals surface area contributed by atoms with Gasteiger partial charge in [-0.2, -0.15) is 0 Å². The highest BCUT2D eigenvalue weighted by atomic mass is 35.5. The van der Waals surface area contributed by atoms with Gasteiger partial charge in [0.25, 0.3) is 5.91 Å². The molecule has 0 aliphatic carbocycles. The Balaban J connectivity index is 2.33. The van der Waals surface area contributed by atoms with Crippen LogP contribution in [-0.2, 0) is 16.6 Å². The average Bonchev–Trinajstić information content (AvgIpc) is 2.60. The van der Waals surface area contributed by atoms with Gasteiger partial charge in [0.1, 0.15) is 10.6 Å². The zero-order valence-electron chi connectivity index (χ0n) is 16.6. The van der Waals surface area contributed by atoms with Crippen LogP contribution >= 0.6 is 11.6 Å². The van der Waals surface area contributed by atoms with E-state index in [0.29, 0.717) is 11.6 Å². The highest BCUT2D eigenvalue weighted by molar-refractivity contribution is 7.89. The summed E-state index contributed by atoms with van der Waals surface area (Å²) in [4.78, 5) is 14.3. The maximum absolute atomic E-state index is 12.8. The zero-order chi connectivity index (χ0) is 21.1. The number of nitrogens with zero attached hydrogens (tertiary/aromatic N) is 1. The Morgan fingerprint density at radius 3 is 2.29 bits per heavy atom. The molecule has 1 N–H and O–H groups in total. The van der Waals surface area contributed by atoms with Gasteiger partial charge in [0.2, 0.25) is 10.0 Å². The Bertz CT molecular complexity index is 951. The van der Waals surface area contributed by atoms with Crippen LogP contribution in [0.4, 0.5) is 0 Å². The van der Waals surface area contributed by atoms with Gasteiger partial charge in [-0.05, 0) is 56.7 Å². The van der Waals surface area contributed by atoms with Gasteiger partial charge >= 0.3 is 0 Å². The Morgan fingerprint density at radius 1 is 1.14 bits per heavy atom. The lowest BCUT2D eigenvalue weighted by Gasteiger charge is -2.22. The smallest absolute Gasteiger partial charge is 0.253 e. The van der Waals surface area contributed by atoms with Gasteiger partial charge in [-0.25, -0.2) is 13.1 Å². The lowest BCUT2D eigenvalue weighted by Crippen LogP contribution is -2.40. The summed E-state index contributed by atoms with van der Waals surface area (Å²) in [5, 5.41) is 0.620. The van der Waals surface area contributed by atoms with Crippen LogP contribution in [0.3, 0.4) is 0 Å². The van der Waals surface area contributed by atoms with Gasteiger partial charge in [-0.1, -0.05) is 23.7 Å². The Kier molecular flexibility index (Phi) is 6.75. The molecule has 6 nitrogen and oxygen atoms in total. The van der Waals surface area contributed by atoms with E-state index in [1.165, 1.54) is 24.1 Å². The number of rotatable bonds is 6. The molecule has 0 aliphatic heterocycles. The van der Waals surface area contributed by atoms with Gasteiger partial charge < -0.3 is 9.64 Å². The molecule has 0 atom stereocenters. The monoisotopic (exact) mass is 424 g/mol. The number of methoxy groups -OCH3 is 1. The molecule has 0 aliphatic rings. The van der Waals surface area contributed by atoms with Crippen molar-refractivity contribution in [3.63, 3.8) is 0 Å². The molecule has 28 heavy (non-hydrogen) atoms. The third kappa shape index (κ3) is 5.70. The lowest BCUT2D eigenvalue weighted by molar-refractivity contribution is 0.0785. The van der Waals surface area contributed by atoms with Crippen molar-refractivity contribution in [3.05, 3.63) is 58.6 Å². The molecule has 2 rings (SSSR count). The van der Waals surface area contributed by atoms with E-state index in [4.69, 9.17) is 16.3 Å². The van der Waals surface area contributed by atoms with Crippen molar-refractivity contribution in [2.75, 3.05) is 14.2 Å². The maximum Gasteiger partial charge on any atom is 0.253 e. The van der Waals surface area contributed by atoms with Crippen molar-refractivity contribution in [3.8, 4) is 5.75 Å². The topological polar surface area (TPSA) is 75.7 Å². The molecule has 0 spiro atoms. The van der Waals surface area contributed by atoms with Crippen molar-refractivity contribution < 1.29 is 17.9 Å². The van der Waals surface area contributed by atoms with Crippen molar-refractivity contribution in [2.45, 2.75) is 37.8 Å². The van der Waals surface area contributed by atoms with Gasteiger partial charge in [-0.15, -0.1) is 0 Å². The predicted octanol–water partition coefficient (Wildman–Crippen LogP) is 3.70. The van der Waals surface area contributed by atoms with Crippen molar-refractivity contribution >= 4 is 27.5 Å². The molecule has 0 saturated heterocycles. The number of amides is 1. The molecule has 0 saturated carbocycles. The number of hydrogen-bond acceptors (Lipinski definition) is 4. The number of ether oxygens (including phenoxy) is 1. The maximum atomic E-state index is 12.8. The van der Waals surface area contributed by atoms with Crippen LogP contribution in [0.1, 0.15) is 36.7 Å². The predicted molar refractivity (Wildman–Crippen MR) is 110 cm³/mol. The minimum atomic E-state index is -3.87. The first-order valence-electron chi connectivity index (χ1n) is 8.65. The van der Waals surface area contributed by atoms with Crippen LogP contribution in [0, 0.1) is 0 Å². The van der Waals surface area contributed by atoms with Crippen LogP contribution < -0.4 is 9.46 Å². The van der Waals surface area contributed by atoms with E-state index in [2.05, 4.69) is 4.72 Å². The van der Waals surface area contributed by atoms with Gasteiger partial charge in [0.15, 0.2) is 0 Å². The number of hydrogen-bond donors (Lipinski definition) is 1. The number of carbonyl (C=O) groups excluding carboxylic acids is 1. The van der Waals surface area contributed by atoms with Crippen LogP contribution in [-0.4, -0.2) is 38.9 Å². The first kappa shape index (κ1) is 22.2. The second-order valence-corrected chi connectivity index (χ2v) is 9.60. The standard InChI is InChI=1S/C20H25ClN2O4S/c1-20(2,3)22-28(25,26)18-12-15(8-11-17(18)27-5)19(24)23(4)13-14-6-9-16(21)10-7-14/h6-12,22H,13H2,1-5H3. The summed E-state index contributed by atoms with van der Waals surface area (Å²) in [7, 11) is -0.823. The third-order valence-corrected chi connectivity index (χ3v) is 5.85. The van der Waals surface area contributed by atoms with E-state index >= 15 is 0 Å². The quantitative estimate of drug-likeness (QED) is 0.767. The van der Waals surface area contributed by atoms with Gasteiger partial charge in [0.05, 0.1) is 7.11 Å². The second kappa shape index (κ2) is 8.51. The number of sulfonamides is 1. The van der Waals surface area contributed by atoms with Crippen LogP contribution in [0.15, 0.2) is 47.4 Å². The van der Waals surface area contributed by atoms with Crippen molar-refractivity contribution in [1.82, 2.24) is 9.62 Å². The molecule has 0 fully saturated rings. The van der Waals surface area contributed by atoms with Crippen LogP contribution in [0.5, 0.6) is 5.75 Å². The molecule has 2 aromatic rings. The molecule has 1 amide bonds. The van der Waals surface area contributed by atoms with E-state index in [-0.39, 0.29) is 22.1 Å². The molecule has 0 heterocycles. The highest BCUT2D eigenvalue weighted by Crippen LogP contribution is 2.26. The first-order chi connectivity index (χ1) is 12.9. The molecule has 0 bridgehead atoms. The van der Waals surface area contributed by atoms with E-state index < -0.39 is 15.6 Å². The summed E-state index contributed by atoms with van der Waals surface area (Å²) < 4.78 is 33.3. The number of nitrogens with one attached hydrogen (secondary N) is 1. The third-order valence-electron chi connectivity index (χ3n) is 3.82. The summed E-state index contributed by atoms with van der Waals surface area (Å²) in [6, 6.07) is 11.6. The van der Waals surface area contributed by atoms with Gasteiger partial charge in [-0.3, -0.25) is 4.79 Å². The summed E-state index contributed by atoms with van der Waals surface area (Å²) in [6.07, 6.45) is 0. The Morgan fingerprint density at radius 2 is 1.75 bits per heavy atom. The molecule has 0 radical (unpaired) electrons. The zero-order valence-corrected chi connectivity index (χ0v) is 18.2. The highest BCUT2D eigenvalue weighted by Gasteiger charge is 2.27. The number of halogens is 1. The molecule has 2 aromatic carbocycles. The minimum Gasteiger partial charge on any atom is -0.495 e. The summed E-state index contributed by atoms with van der Waals surface area (Å²) in [5.74, 6) is -0.126. The van der Waals surface area contributed by atoms with E-state index in [0.717, 1.165) is 5.56 Å². The van der Waals surface area contributed by atoms with Crippen molar-refractivity contribution in [1.29, 1.82) is 0 Å². The summed E-state index contributed by atoms with van der Waals surface area (Å²) in [5.41, 5.74) is 0.498. The van der Waals surface area contributed by atoms with E-state index in [1.807, 2.05) is 12.1 Å². The fourth-order valence-corrected chi connectivity index (χ4v) is 4.37. The number of benzene rings is 2. The minimum absolute atomic E-state index is 0.0735. The molecule has 8 heteroatoms. The van der Waals surface area contributed by atoms with Crippen LogP contribution in [0.2, 0.25) is 5.02 Å². The first-order valence-corrected chi connectivity index (χ1v) is 10.5. The Labute approximate surface area is 171 Å². The van der Waals surface area contributed by atoms with Crippen LogP contribution in [0.25, 0.3) is 0 Å². The molecule has 0 unspecified atom stereocenters. The van der Waals surface area contributed by atoms with Gasteiger partial charge in [0, 0.05) is 29.7 Å². The largest absolute Gasteiger partial charge is 0.495 e. The fourth-order valence-electron chi connectivity index (χ4n) is 2.63. The molecular weight excluding hydrogens is 400 g/mol. The molecule has 0 aromatic heterocycles. The Hall–Kier alpha value is -2.09. The lowest BCUT2D eigenvalue weighted by atomic mass is 10.1. The van der Waals surface area contributed by atoms with E-state index in [9.17, 15) is 13.2 Å². The molecule has 152 valence electrons. The summed E-state index contributed by atoms with van der Waals surface area (Å²) >= 11 is 5.89. The average molecular weight is 425 g/mol. The van der Waals surface area contributed by atoms with Crippen molar-refractivity contribution in [2.24, 2.45) is 0 Å². The fraction of sp³-hybridized carbons (Fsp3) is 0.350.